The summed E-state index contributed by atoms with van der Waals surface area (Å²) in [5.41, 5.74) is 9.75. The van der Waals surface area contributed by atoms with Crippen molar-refractivity contribution in [3.63, 3.8) is 0 Å². The Bertz CT molecular complexity index is 863. The normalized spacial score (nSPS) is 11.4. The molecule has 2 N–H and O–H groups in total. The third-order valence-corrected chi connectivity index (χ3v) is 4.81. The van der Waals surface area contributed by atoms with Gasteiger partial charge in [0, 0.05) is 12.7 Å². The Kier molecular flexibility index (Phi) is 4.38. The highest BCUT2D eigenvalue weighted by molar-refractivity contribution is 5.50. The summed E-state index contributed by atoms with van der Waals surface area (Å²) in [6.07, 6.45) is 3.93. The van der Waals surface area contributed by atoms with Gasteiger partial charge in [0.1, 0.15) is 5.54 Å². The Labute approximate surface area is 153 Å². The molecule has 0 aliphatic carbocycles. The maximum atomic E-state index is 5.85. The van der Waals surface area contributed by atoms with Gasteiger partial charge in [0.2, 0.25) is 0 Å². The van der Waals surface area contributed by atoms with Gasteiger partial charge in [-0.1, -0.05) is 91.0 Å². The van der Waals surface area contributed by atoms with Crippen LogP contribution in [0.25, 0.3) is 0 Å². The fourth-order valence-corrected chi connectivity index (χ4v) is 3.64. The van der Waals surface area contributed by atoms with Crippen molar-refractivity contribution in [3.05, 3.63) is 126 Å². The minimum Gasteiger partial charge on any atom is -0.325 e. The molecule has 3 heteroatoms. The zero-order valence-electron chi connectivity index (χ0n) is 14.5. The molecule has 1 heterocycles. The van der Waals surface area contributed by atoms with E-state index in [4.69, 9.17) is 5.73 Å². The van der Waals surface area contributed by atoms with Gasteiger partial charge in [0.25, 0.3) is 0 Å². The summed E-state index contributed by atoms with van der Waals surface area (Å²) in [5.74, 6) is 0. The fraction of sp³-hybridized carbons (Fsp3) is 0.0870. The molecule has 0 aliphatic rings. The zero-order valence-corrected chi connectivity index (χ0v) is 14.5. The summed E-state index contributed by atoms with van der Waals surface area (Å²) in [6, 6.07) is 31.6. The van der Waals surface area contributed by atoms with Gasteiger partial charge >= 0.3 is 0 Å². The minimum absolute atomic E-state index is 0.418. The van der Waals surface area contributed by atoms with E-state index in [1.54, 1.807) is 0 Å². The maximum absolute atomic E-state index is 5.85. The SMILES string of the molecule is NCc1cn(C(c2ccccc2)(c2ccccc2)c2ccccc2)cn1. The summed E-state index contributed by atoms with van der Waals surface area (Å²) in [7, 11) is 0. The van der Waals surface area contributed by atoms with Gasteiger partial charge in [0.15, 0.2) is 0 Å². The van der Waals surface area contributed by atoms with Crippen molar-refractivity contribution >= 4 is 0 Å². The van der Waals surface area contributed by atoms with Crippen LogP contribution in [0.5, 0.6) is 0 Å². The van der Waals surface area contributed by atoms with Gasteiger partial charge in [-0.15, -0.1) is 0 Å². The Morgan fingerprint density at radius 1 is 0.692 bits per heavy atom. The van der Waals surface area contributed by atoms with E-state index in [-0.39, 0.29) is 0 Å². The maximum Gasteiger partial charge on any atom is 0.121 e. The molecule has 128 valence electrons. The monoisotopic (exact) mass is 339 g/mol. The molecule has 0 unspecified atom stereocenters. The summed E-state index contributed by atoms with van der Waals surface area (Å²) in [5, 5.41) is 0. The Hall–Kier alpha value is -3.17. The lowest BCUT2D eigenvalue weighted by Gasteiger charge is -2.37. The topological polar surface area (TPSA) is 43.8 Å². The second-order valence-corrected chi connectivity index (χ2v) is 6.28. The van der Waals surface area contributed by atoms with Crippen LogP contribution in [0.3, 0.4) is 0 Å². The van der Waals surface area contributed by atoms with Gasteiger partial charge in [0.05, 0.1) is 12.0 Å². The molecule has 4 rings (SSSR count). The standard InChI is InChI=1S/C23H21N3/c24-16-22-17-26(18-25-22)23(19-10-4-1-5-11-19,20-12-6-2-7-13-20)21-14-8-3-9-15-21/h1-15,17-18H,16,24H2. The lowest BCUT2D eigenvalue weighted by Crippen LogP contribution is -2.36. The third-order valence-electron chi connectivity index (χ3n) is 4.81. The molecule has 4 aromatic rings. The number of rotatable bonds is 5. The summed E-state index contributed by atoms with van der Waals surface area (Å²) >= 11 is 0. The Morgan fingerprint density at radius 3 is 1.46 bits per heavy atom. The van der Waals surface area contributed by atoms with Crippen LogP contribution < -0.4 is 5.73 Å². The van der Waals surface area contributed by atoms with Crippen molar-refractivity contribution in [2.45, 2.75) is 12.1 Å². The van der Waals surface area contributed by atoms with Crippen molar-refractivity contribution in [3.8, 4) is 0 Å². The van der Waals surface area contributed by atoms with Crippen LogP contribution in [0.4, 0.5) is 0 Å². The number of aromatic nitrogens is 2. The van der Waals surface area contributed by atoms with E-state index in [2.05, 4.69) is 82.3 Å². The van der Waals surface area contributed by atoms with Crippen molar-refractivity contribution in [2.75, 3.05) is 0 Å². The van der Waals surface area contributed by atoms with Crippen molar-refractivity contribution in [1.29, 1.82) is 0 Å². The van der Waals surface area contributed by atoms with Gasteiger partial charge in [-0.25, -0.2) is 4.98 Å². The van der Waals surface area contributed by atoms with Crippen molar-refractivity contribution < 1.29 is 0 Å². The number of imidazole rings is 1. The molecule has 3 nitrogen and oxygen atoms in total. The predicted octanol–water partition coefficient (Wildman–Crippen LogP) is 4.18. The van der Waals surface area contributed by atoms with Gasteiger partial charge in [-0.2, -0.15) is 0 Å². The largest absolute Gasteiger partial charge is 0.325 e. The molecule has 26 heavy (non-hydrogen) atoms. The van der Waals surface area contributed by atoms with E-state index >= 15 is 0 Å². The Morgan fingerprint density at radius 2 is 1.12 bits per heavy atom. The fourth-order valence-electron chi connectivity index (χ4n) is 3.64. The van der Waals surface area contributed by atoms with Crippen LogP contribution in [-0.4, -0.2) is 9.55 Å². The number of hydrogen-bond donors (Lipinski definition) is 1. The zero-order chi connectivity index (χ0) is 17.8. The van der Waals surface area contributed by atoms with Crippen LogP contribution >= 0.6 is 0 Å². The first-order valence-corrected chi connectivity index (χ1v) is 8.75. The summed E-state index contributed by atoms with van der Waals surface area (Å²) < 4.78 is 2.18. The molecule has 0 spiro atoms. The van der Waals surface area contributed by atoms with Gasteiger partial charge in [-0.3, -0.25) is 0 Å². The van der Waals surface area contributed by atoms with E-state index < -0.39 is 5.54 Å². The lowest BCUT2D eigenvalue weighted by molar-refractivity contribution is 0.514. The molecule has 0 aliphatic heterocycles. The van der Waals surface area contributed by atoms with Crippen molar-refractivity contribution in [1.82, 2.24) is 9.55 Å². The van der Waals surface area contributed by atoms with Crippen LogP contribution in [-0.2, 0) is 12.1 Å². The van der Waals surface area contributed by atoms with Crippen LogP contribution in [0.1, 0.15) is 22.4 Å². The highest BCUT2D eigenvalue weighted by atomic mass is 15.1. The lowest BCUT2D eigenvalue weighted by atomic mass is 9.77. The number of benzene rings is 3. The van der Waals surface area contributed by atoms with Gasteiger partial charge in [-0.05, 0) is 16.7 Å². The molecule has 0 bridgehead atoms. The van der Waals surface area contributed by atoms with Crippen LogP contribution in [0, 0.1) is 0 Å². The van der Waals surface area contributed by atoms with E-state index in [1.807, 2.05) is 30.7 Å². The highest BCUT2D eigenvalue weighted by Crippen LogP contribution is 2.40. The van der Waals surface area contributed by atoms with Crippen LogP contribution in [0.15, 0.2) is 104 Å². The van der Waals surface area contributed by atoms with E-state index in [0.29, 0.717) is 6.54 Å². The quantitative estimate of drug-likeness (QED) is 0.554. The Balaban J connectivity index is 2.10. The van der Waals surface area contributed by atoms with Crippen LogP contribution in [0.2, 0.25) is 0 Å². The molecule has 0 amide bonds. The van der Waals surface area contributed by atoms with E-state index in [1.165, 1.54) is 16.7 Å². The first kappa shape index (κ1) is 16.3. The van der Waals surface area contributed by atoms with Gasteiger partial charge < -0.3 is 10.3 Å². The molecule has 0 saturated heterocycles. The number of nitrogens with zero attached hydrogens (tertiary/aromatic N) is 2. The van der Waals surface area contributed by atoms with Crippen molar-refractivity contribution in [2.24, 2.45) is 5.73 Å². The molecule has 0 radical (unpaired) electrons. The molecular weight excluding hydrogens is 318 g/mol. The second-order valence-electron chi connectivity index (χ2n) is 6.28. The van der Waals surface area contributed by atoms with E-state index in [0.717, 1.165) is 5.69 Å². The number of hydrogen-bond acceptors (Lipinski definition) is 2. The molecular formula is C23H21N3. The first-order chi connectivity index (χ1) is 12.9. The average Bonchev–Trinajstić information content (AvgIpc) is 3.21. The predicted molar refractivity (Wildman–Crippen MR) is 105 cm³/mol. The summed E-state index contributed by atoms with van der Waals surface area (Å²) in [6.45, 7) is 0.418. The molecule has 0 saturated carbocycles. The average molecular weight is 339 g/mol. The molecule has 1 aromatic heterocycles. The third kappa shape index (κ3) is 2.63. The first-order valence-electron chi connectivity index (χ1n) is 8.75. The second kappa shape index (κ2) is 6.98. The molecule has 0 fully saturated rings. The smallest absolute Gasteiger partial charge is 0.121 e. The molecule has 0 atom stereocenters. The summed E-state index contributed by atoms with van der Waals surface area (Å²) in [4.78, 5) is 4.52. The number of nitrogens with two attached hydrogens (primary N) is 1. The minimum atomic E-state index is -0.510. The molecule has 3 aromatic carbocycles. The highest BCUT2D eigenvalue weighted by Gasteiger charge is 2.38. The van der Waals surface area contributed by atoms with E-state index in [9.17, 15) is 0 Å².